The molecule has 0 aliphatic rings. The fraction of sp³-hybridized carbons (Fsp3) is 0.615. The lowest BCUT2D eigenvalue weighted by atomic mass is 9.97. The number of amides is 2. The van der Waals surface area contributed by atoms with E-state index in [1.807, 2.05) is 26.2 Å². The van der Waals surface area contributed by atoms with Crippen LogP contribution in [0, 0.1) is 6.92 Å². The summed E-state index contributed by atoms with van der Waals surface area (Å²) in [5, 5.41) is 17.2. The van der Waals surface area contributed by atoms with Crippen molar-refractivity contribution in [1.29, 1.82) is 0 Å². The van der Waals surface area contributed by atoms with Crippen LogP contribution in [-0.4, -0.2) is 27.6 Å². The molecular weight excluding hydrogens is 278 g/mol. The summed E-state index contributed by atoms with van der Waals surface area (Å²) < 4.78 is 0. The number of thiazole rings is 1. The quantitative estimate of drug-likeness (QED) is 0.752. The zero-order valence-electron chi connectivity index (χ0n) is 12.2. The van der Waals surface area contributed by atoms with Crippen molar-refractivity contribution in [1.82, 2.24) is 15.6 Å². The van der Waals surface area contributed by atoms with Crippen molar-refractivity contribution in [2.45, 2.75) is 52.1 Å². The maximum atomic E-state index is 11.9. The number of nitrogens with one attached hydrogen (secondary N) is 2. The second kappa shape index (κ2) is 6.69. The van der Waals surface area contributed by atoms with E-state index in [0.29, 0.717) is 12.8 Å². The number of hydrogen-bond acceptors (Lipinski definition) is 4. The van der Waals surface area contributed by atoms with Gasteiger partial charge in [0.05, 0.1) is 6.04 Å². The van der Waals surface area contributed by atoms with Crippen LogP contribution >= 0.6 is 11.3 Å². The molecule has 6 nitrogen and oxygen atoms in total. The normalized spacial score (nSPS) is 15.2. The summed E-state index contributed by atoms with van der Waals surface area (Å²) in [6.45, 7) is 7.09. The number of carbonyl (C=O) groups excluding carboxylic acids is 1. The Kier molecular flexibility index (Phi) is 5.50. The molecule has 112 valence electrons. The molecule has 0 spiro atoms. The van der Waals surface area contributed by atoms with Gasteiger partial charge in [-0.3, -0.25) is 0 Å². The van der Waals surface area contributed by atoms with Crippen LogP contribution in [0.5, 0.6) is 0 Å². The van der Waals surface area contributed by atoms with E-state index in [2.05, 4.69) is 15.6 Å². The van der Waals surface area contributed by atoms with Crippen LogP contribution in [0.3, 0.4) is 0 Å². The standard InChI is InChI=1S/C13H21N3O3S/c1-5-6-13(4,11(17)18)16-12(19)15-9(3)10-14-8(2)7-20-10/h7,9H,5-6H2,1-4H3,(H,17,18)(H2,15,16,19). The first-order valence-corrected chi connectivity index (χ1v) is 7.40. The van der Waals surface area contributed by atoms with Crippen LogP contribution in [-0.2, 0) is 4.79 Å². The number of aromatic nitrogens is 1. The second-order valence-corrected chi connectivity index (χ2v) is 5.92. The van der Waals surface area contributed by atoms with Gasteiger partial charge in [0.1, 0.15) is 10.5 Å². The molecule has 0 aliphatic heterocycles. The molecule has 1 aromatic heterocycles. The maximum absolute atomic E-state index is 11.9. The van der Waals surface area contributed by atoms with E-state index < -0.39 is 17.5 Å². The van der Waals surface area contributed by atoms with Crippen molar-refractivity contribution in [2.24, 2.45) is 0 Å². The highest BCUT2D eigenvalue weighted by Gasteiger charge is 2.34. The van der Waals surface area contributed by atoms with Gasteiger partial charge in [-0.15, -0.1) is 11.3 Å². The smallest absolute Gasteiger partial charge is 0.329 e. The van der Waals surface area contributed by atoms with Crippen LogP contribution < -0.4 is 10.6 Å². The third-order valence-electron chi connectivity index (χ3n) is 2.97. The molecule has 0 radical (unpaired) electrons. The zero-order chi connectivity index (χ0) is 15.3. The largest absolute Gasteiger partial charge is 0.480 e. The first-order valence-electron chi connectivity index (χ1n) is 6.52. The van der Waals surface area contributed by atoms with E-state index >= 15 is 0 Å². The van der Waals surface area contributed by atoms with Gasteiger partial charge in [0, 0.05) is 11.1 Å². The monoisotopic (exact) mass is 299 g/mol. The summed E-state index contributed by atoms with van der Waals surface area (Å²) in [4.78, 5) is 27.5. The summed E-state index contributed by atoms with van der Waals surface area (Å²) >= 11 is 1.46. The Morgan fingerprint density at radius 3 is 2.65 bits per heavy atom. The number of carbonyl (C=O) groups is 2. The van der Waals surface area contributed by atoms with E-state index in [9.17, 15) is 14.7 Å². The zero-order valence-corrected chi connectivity index (χ0v) is 13.0. The van der Waals surface area contributed by atoms with E-state index in [0.717, 1.165) is 10.7 Å². The molecule has 2 atom stereocenters. The lowest BCUT2D eigenvalue weighted by molar-refractivity contribution is -0.144. The highest BCUT2D eigenvalue weighted by Crippen LogP contribution is 2.18. The van der Waals surface area contributed by atoms with Crippen LogP contribution in [0.4, 0.5) is 4.79 Å². The fourth-order valence-corrected chi connectivity index (χ4v) is 2.64. The molecule has 1 aromatic rings. The minimum absolute atomic E-state index is 0.256. The lowest BCUT2D eigenvalue weighted by Crippen LogP contribution is -2.55. The highest BCUT2D eigenvalue weighted by molar-refractivity contribution is 7.09. The van der Waals surface area contributed by atoms with Crippen LogP contribution in [0.1, 0.15) is 50.4 Å². The Bertz CT molecular complexity index is 489. The van der Waals surface area contributed by atoms with Crippen molar-refractivity contribution in [3.05, 3.63) is 16.1 Å². The van der Waals surface area contributed by atoms with Gasteiger partial charge >= 0.3 is 12.0 Å². The third kappa shape index (κ3) is 4.19. The Morgan fingerprint density at radius 1 is 1.55 bits per heavy atom. The van der Waals surface area contributed by atoms with E-state index in [1.54, 1.807) is 0 Å². The molecule has 0 aromatic carbocycles. The molecule has 1 rings (SSSR count). The first-order chi connectivity index (χ1) is 9.28. The van der Waals surface area contributed by atoms with Gasteiger partial charge in [0.2, 0.25) is 0 Å². The number of urea groups is 1. The van der Waals surface area contributed by atoms with E-state index in [-0.39, 0.29) is 6.04 Å². The SMILES string of the molecule is CCCC(C)(NC(=O)NC(C)c1nc(C)cs1)C(=O)O. The molecule has 7 heteroatoms. The topological polar surface area (TPSA) is 91.3 Å². The highest BCUT2D eigenvalue weighted by atomic mass is 32.1. The molecule has 2 unspecified atom stereocenters. The predicted molar refractivity (Wildman–Crippen MR) is 77.9 cm³/mol. The molecule has 0 bridgehead atoms. The van der Waals surface area contributed by atoms with Gasteiger partial charge in [-0.05, 0) is 27.2 Å². The Morgan fingerprint density at radius 2 is 2.20 bits per heavy atom. The summed E-state index contributed by atoms with van der Waals surface area (Å²) in [5.74, 6) is -1.03. The van der Waals surface area contributed by atoms with Crippen molar-refractivity contribution in [2.75, 3.05) is 0 Å². The van der Waals surface area contributed by atoms with Gasteiger partial charge in [-0.2, -0.15) is 0 Å². The first kappa shape index (κ1) is 16.4. The average molecular weight is 299 g/mol. The van der Waals surface area contributed by atoms with Crippen molar-refractivity contribution >= 4 is 23.3 Å². The molecule has 0 saturated heterocycles. The number of carboxylic acid groups (broad SMARTS) is 1. The maximum Gasteiger partial charge on any atom is 0.329 e. The minimum atomic E-state index is -1.25. The minimum Gasteiger partial charge on any atom is -0.480 e. The number of nitrogens with zero attached hydrogens (tertiary/aromatic N) is 1. The van der Waals surface area contributed by atoms with Crippen LogP contribution in [0.15, 0.2) is 5.38 Å². The molecule has 1 heterocycles. The summed E-state index contributed by atoms with van der Waals surface area (Å²) in [7, 11) is 0. The summed E-state index contributed by atoms with van der Waals surface area (Å²) in [5.41, 5.74) is -0.349. The van der Waals surface area contributed by atoms with Crippen molar-refractivity contribution in [3.63, 3.8) is 0 Å². The number of carboxylic acids is 1. The van der Waals surface area contributed by atoms with Crippen LogP contribution in [0.25, 0.3) is 0 Å². The van der Waals surface area contributed by atoms with Crippen molar-refractivity contribution in [3.8, 4) is 0 Å². The van der Waals surface area contributed by atoms with Gasteiger partial charge in [-0.25, -0.2) is 14.6 Å². The predicted octanol–water partition coefficient (Wildman–Crippen LogP) is 2.46. The molecule has 2 amide bonds. The summed E-state index contributed by atoms with van der Waals surface area (Å²) in [6.07, 6.45) is 1.05. The summed E-state index contributed by atoms with van der Waals surface area (Å²) in [6, 6.07) is -0.753. The Labute approximate surface area is 122 Å². The van der Waals surface area contributed by atoms with Gasteiger partial charge < -0.3 is 15.7 Å². The molecular formula is C13H21N3O3S. The van der Waals surface area contributed by atoms with Gasteiger partial charge in [0.25, 0.3) is 0 Å². The molecule has 3 N–H and O–H groups in total. The van der Waals surface area contributed by atoms with E-state index in [1.165, 1.54) is 18.3 Å². The van der Waals surface area contributed by atoms with Crippen LogP contribution in [0.2, 0.25) is 0 Å². The van der Waals surface area contributed by atoms with Gasteiger partial charge in [0.15, 0.2) is 0 Å². The Hall–Kier alpha value is -1.63. The van der Waals surface area contributed by atoms with Crippen molar-refractivity contribution < 1.29 is 14.7 Å². The molecule has 0 fully saturated rings. The average Bonchev–Trinajstić information content (AvgIpc) is 2.75. The number of aryl methyl sites for hydroxylation is 1. The Balaban J connectivity index is 2.64. The molecule has 0 saturated carbocycles. The number of aliphatic carboxylic acids is 1. The van der Waals surface area contributed by atoms with E-state index in [4.69, 9.17) is 0 Å². The van der Waals surface area contributed by atoms with Gasteiger partial charge in [-0.1, -0.05) is 13.3 Å². The second-order valence-electron chi connectivity index (χ2n) is 5.03. The number of hydrogen-bond donors (Lipinski definition) is 3. The third-order valence-corrected chi connectivity index (χ3v) is 4.11. The lowest BCUT2D eigenvalue weighted by Gasteiger charge is -2.26. The molecule has 20 heavy (non-hydrogen) atoms. The number of rotatable bonds is 6. The molecule has 0 aliphatic carbocycles. The fourth-order valence-electron chi connectivity index (χ4n) is 1.84.